The average Bonchev–Trinajstić information content (AvgIpc) is 3.34. The molecule has 1 aromatic carbocycles. The Morgan fingerprint density at radius 1 is 1.14 bits per heavy atom. The average molecular weight is 521 g/mol. The second-order valence-corrected chi connectivity index (χ2v) is 12.4. The third kappa shape index (κ3) is 4.40. The number of rotatable bonds is 8. The van der Waals surface area contributed by atoms with E-state index < -0.39 is 10.0 Å². The lowest BCUT2D eigenvalue weighted by Gasteiger charge is -2.19. The number of aromatic nitrogens is 6. The van der Waals surface area contributed by atoms with Gasteiger partial charge >= 0.3 is 0 Å². The Balaban J connectivity index is 1.43. The van der Waals surface area contributed by atoms with Gasteiger partial charge < -0.3 is 5.32 Å². The predicted molar refractivity (Wildman–Crippen MR) is 141 cm³/mol. The fourth-order valence-corrected chi connectivity index (χ4v) is 6.67. The van der Waals surface area contributed by atoms with Crippen LogP contribution in [0.5, 0.6) is 0 Å². The molecule has 0 aliphatic heterocycles. The number of nitrogens with one attached hydrogen (secondary N) is 2. The zero-order valence-electron chi connectivity index (χ0n) is 21.6. The molecule has 0 bridgehead atoms. The van der Waals surface area contributed by atoms with Crippen LogP contribution in [0.3, 0.4) is 0 Å². The highest BCUT2D eigenvalue weighted by molar-refractivity contribution is 7.89. The molecule has 0 amide bonds. The maximum absolute atomic E-state index is 13.6. The fourth-order valence-electron chi connectivity index (χ4n) is 5.22. The summed E-state index contributed by atoms with van der Waals surface area (Å²) in [6.45, 7) is 6.32. The number of hydrogen-bond acceptors (Lipinski definition) is 7. The third-order valence-electron chi connectivity index (χ3n) is 7.25. The van der Waals surface area contributed by atoms with Crippen molar-refractivity contribution in [1.29, 1.82) is 0 Å². The van der Waals surface area contributed by atoms with Crippen molar-refractivity contribution >= 4 is 26.7 Å². The van der Waals surface area contributed by atoms with Gasteiger partial charge in [-0.25, -0.2) is 13.1 Å². The molecule has 0 saturated heterocycles. The van der Waals surface area contributed by atoms with Crippen LogP contribution in [0.4, 0.5) is 5.95 Å². The van der Waals surface area contributed by atoms with Crippen LogP contribution in [0.1, 0.15) is 67.6 Å². The van der Waals surface area contributed by atoms with Gasteiger partial charge in [0.25, 0.3) is 0 Å². The van der Waals surface area contributed by atoms with Gasteiger partial charge in [-0.1, -0.05) is 13.8 Å². The molecule has 37 heavy (non-hydrogen) atoms. The van der Waals surface area contributed by atoms with Crippen molar-refractivity contribution in [2.75, 3.05) is 11.9 Å². The Labute approximate surface area is 216 Å². The summed E-state index contributed by atoms with van der Waals surface area (Å²) in [6, 6.07) is 5.72. The molecule has 3 heterocycles. The molecule has 2 N–H and O–H groups in total. The first-order chi connectivity index (χ1) is 17.7. The smallest absolute Gasteiger partial charge is 0.241 e. The van der Waals surface area contributed by atoms with Crippen LogP contribution < -0.4 is 10.0 Å². The standard InChI is InChI=1S/C26H32N8O2S/c1-15(2)12-29-37(35,36)24-11-19-18(21-13-27-23(10-20(21)24)17-5-6-17)7-8-22(19)30-26-31-28-14-34(26)25-9-16(3)32-33(25)4/h9-11,13-15,17,22,29H,5-8,12H2,1-4H3,(H,30,31). The number of fused-ring (bicyclic) bond motifs is 3. The molecule has 1 saturated carbocycles. The largest absolute Gasteiger partial charge is 0.347 e. The molecule has 10 nitrogen and oxygen atoms in total. The summed E-state index contributed by atoms with van der Waals surface area (Å²) in [5.41, 5.74) is 4.00. The normalized spacial score (nSPS) is 17.6. The number of pyridine rings is 1. The van der Waals surface area contributed by atoms with E-state index in [-0.39, 0.29) is 12.0 Å². The van der Waals surface area contributed by atoms with Crippen molar-refractivity contribution in [1.82, 2.24) is 34.3 Å². The van der Waals surface area contributed by atoms with Gasteiger partial charge in [-0.05, 0) is 61.8 Å². The van der Waals surface area contributed by atoms with E-state index >= 15 is 0 Å². The summed E-state index contributed by atoms with van der Waals surface area (Å²) in [7, 11) is -1.83. The Bertz CT molecular complexity index is 1600. The van der Waals surface area contributed by atoms with E-state index in [4.69, 9.17) is 4.98 Å². The number of anilines is 1. The lowest BCUT2D eigenvalue weighted by Crippen LogP contribution is -2.28. The Morgan fingerprint density at radius 3 is 2.65 bits per heavy atom. The van der Waals surface area contributed by atoms with Crippen LogP contribution in [0, 0.1) is 12.8 Å². The third-order valence-corrected chi connectivity index (χ3v) is 8.71. The summed E-state index contributed by atoms with van der Waals surface area (Å²) in [4.78, 5) is 5.06. The fraction of sp³-hybridized carbons (Fsp3) is 0.462. The number of benzene rings is 1. The van der Waals surface area contributed by atoms with Gasteiger partial charge in [0.15, 0.2) is 0 Å². The van der Waals surface area contributed by atoms with Gasteiger partial charge in [-0.3, -0.25) is 14.2 Å². The molecular weight excluding hydrogens is 488 g/mol. The molecule has 4 aromatic rings. The minimum atomic E-state index is -3.72. The molecule has 11 heteroatoms. The number of nitrogens with zero attached hydrogens (tertiary/aromatic N) is 6. The molecule has 0 spiro atoms. The van der Waals surface area contributed by atoms with Crippen LogP contribution in [-0.2, 0) is 23.5 Å². The zero-order chi connectivity index (χ0) is 25.9. The molecule has 2 aliphatic carbocycles. The Hall–Kier alpha value is -3.31. The molecular formula is C26H32N8O2S. The molecule has 194 valence electrons. The first kappa shape index (κ1) is 24.1. The number of sulfonamides is 1. The van der Waals surface area contributed by atoms with Gasteiger partial charge in [0.2, 0.25) is 16.0 Å². The van der Waals surface area contributed by atoms with E-state index in [2.05, 4.69) is 25.3 Å². The van der Waals surface area contributed by atoms with Crippen LogP contribution in [-0.4, -0.2) is 44.5 Å². The maximum Gasteiger partial charge on any atom is 0.241 e. The Kier molecular flexibility index (Phi) is 5.79. The summed E-state index contributed by atoms with van der Waals surface area (Å²) in [5, 5.41) is 18.1. The van der Waals surface area contributed by atoms with Gasteiger partial charge in [0.1, 0.15) is 12.1 Å². The second kappa shape index (κ2) is 8.91. The topological polar surface area (TPSA) is 120 Å². The van der Waals surface area contributed by atoms with Crippen molar-refractivity contribution in [3.8, 4) is 5.82 Å². The highest BCUT2D eigenvalue weighted by Gasteiger charge is 2.32. The monoisotopic (exact) mass is 520 g/mol. The van der Waals surface area contributed by atoms with Crippen molar-refractivity contribution in [3.63, 3.8) is 0 Å². The predicted octanol–water partition coefficient (Wildman–Crippen LogP) is 3.77. The first-order valence-electron chi connectivity index (χ1n) is 12.8. The van der Waals surface area contributed by atoms with Gasteiger partial charge in [-0.2, -0.15) is 5.10 Å². The van der Waals surface area contributed by atoms with Crippen LogP contribution >= 0.6 is 0 Å². The summed E-state index contributed by atoms with van der Waals surface area (Å²) in [6.07, 6.45) is 7.40. The van der Waals surface area contributed by atoms with E-state index in [0.717, 1.165) is 64.8 Å². The number of aryl methyl sites for hydroxylation is 3. The molecule has 2 aliphatic rings. The van der Waals surface area contributed by atoms with Gasteiger partial charge in [0.05, 0.1) is 16.6 Å². The van der Waals surface area contributed by atoms with Crippen LogP contribution in [0.2, 0.25) is 0 Å². The first-order valence-corrected chi connectivity index (χ1v) is 14.3. The highest BCUT2D eigenvalue weighted by atomic mass is 32.2. The van der Waals surface area contributed by atoms with E-state index in [1.54, 1.807) is 11.0 Å². The molecule has 0 radical (unpaired) electrons. The van der Waals surface area contributed by atoms with Crippen molar-refractivity contribution in [3.05, 3.63) is 53.2 Å². The molecule has 6 rings (SSSR count). The van der Waals surface area contributed by atoms with Crippen molar-refractivity contribution in [2.45, 2.75) is 63.3 Å². The maximum atomic E-state index is 13.6. The van der Waals surface area contributed by atoms with Crippen molar-refractivity contribution in [2.24, 2.45) is 13.0 Å². The van der Waals surface area contributed by atoms with E-state index in [0.29, 0.717) is 23.3 Å². The summed E-state index contributed by atoms with van der Waals surface area (Å²) in [5.74, 6) is 2.08. The minimum absolute atomic E-state index is 0.112. The lowest BCUT2D eigenvalue weighted by molar-refractivity contribution is 0.561. The Morgan fingerprint density at radius 2 is 1.95 bits per heavy atom. The minimum Gasteiger partial charge on any atom is -0.347 e. The number of hydrogen-bond donors (Lipinski definition) is 2. The molecule has 1 atom stereocenters. The van der Waals surface area contributed by atoms with Crippen LogP contribution in [0.15, 0.2) is 35.6 Å². The van der Waals surface area contributed by atoms with Gasteiger partial charge in [0, 0.05) is 48.2 Å². The summed E-state index contributed by atoms with van der Waals surface area (Å²) >= 11 is 0. The summed E-state index contributed by atoms with van der Waals surface area (Å²) < 4.78 is 33.6. The SMILES string of the molecule is Cc1cc(-n2cnnc2NC2CCc3c2cc(S(=O)(=O)NCC(C)C)c2cc(C4CC4)ncc32)n(C)n1. The van der Waals surface area contributed by atoms with E-state index in [1.165, 1.54) is 0 Å². The van der Waals surface area contributed by atoms with Crippen LogP contribution in [0.25, 0.3) is 16.6 Å². The van der Waals surface area contributed by atoms with Gasteiger partial charge in [-0.15, -0.1) is 10.2 Å². The molecule has 1 fully saturated rings. The molecule has 3 aromatic heterocycles. The second-order valence-electron chi connectivity index (χ2n) is 10.6. The lowest BCUT2D eigenvalue weighted by atomic mass is 10.0. The van der Waals surface area contributed by atoms with Crippen molar-refractivity contribution < 1.29 is 8.42 Å². The van der Waals surface area contributed by atoms with E-state index in [1.807, 2.05) is 56.8 Å². The quantitative estimate of drug-likeness (QED) is 0.363. The molecule has 1 unspecified atom stereocenters. The zero-order valence-corrected chi connectivity index (χ0v) is 22.4. The highest BCUT2D eigenvalue weighted by Crippen LogP contribution is 2.44. The van der Waals surface area contributed by atoms with E-state index in [9.17, 15) is 8.42 Å².